The third kappa shape index (κ3) is 4.46. The van der Waals surface area contributed by atoms with E-state index in [0.717, 1.165) is 12.7 Å². The maximum atomic E-state index is 6.15. The van der Waals surface area contributed by atoms with Crippen LogP contribution >= 0.6 is 0 Å². The van der Waals surface area contributed by atoms with Crippen LogP contribution in [-0.2, 0) is 13.9 Å². The molecule has 0 aromatic rings. The maximum absolute atomic E-state index is 6.15. The normalized spacial score (nSPS) is 27.4. The summed E-state index contributed by atoms with van der Waals surface area (Å²) in [6.07, 6.45) is 1.26. The first-order valence-corrected chi connectivity index (χ1v) is 11.8. The fourth-order valence-electron chi connectivity index (χ4n) is 2.54. The third-order valence-corrected chi connectivity index (χ3v) is 6.64. The van der Waals surface area contributed by atoms with Gasteiger partial charge in [-0.15, -0.1) is 0 Å². The molecule has 1 saturated heterocycles. The van der Waals surface area contributed by atoms with Crippen molar-refractivity contribution in [2.24, 2.45) is 0 Å². The molecule has 1 radical (unpaired) electrons. The summed E-state index contributed by atoms with van der Waals surface area (Å²) in [6, 6.07) is 0. The smallest absolute Gasteiger partial charge is 0.201 e. The zero-order chi connectivity index (χ0) is 13.1. The molecule has 0 N–H and O–H groups in total. The lowest BCUT2D eigenvalue weighted by Crippen LogP contribution is -2.62. The van der Waals surface area contributed by atoms with Crippen LogP contribution in [0.2, 0.25) is 26.2 Å². The van der Waals surface area contributed by atoms with E-state index in [9.17, 15) is 0 Å². The van der Waals surface area contributed by atoms with E-state index in [1.807, 2.05) is 7.11 Å². The van der Waals surface area contributed by atoms with Crippen molar-refractivity contribution in [1.82, 2.24) is 4.90 Å². The molecule has 2 unspecified atom stereocenters. The van der Waals surface area contributed by atoms with Crippen LogP contribution < -0.4 is 0 Å². The van der Waals surface area contributed by atoms with E-state index in [4.69, 9.17) is 13.9 Å². The van der Waals surface area contributed by atoms with Crippen LogP contribution in [0.1, 0.15) is 0 Å². The summed E-state index contributed by atoms with van der Waals surface area (Å²) in [7, 11) is 1.48. The van der Waals surface area contributed by atoms with E-state index in [2.05, 4.69) is 31.1 Å². The topological polar surface area (TPSA) is 30.9 Å². The molecular formula is C11H26NO3Si2. The number of hydrogen-bond acceptors (Lipinski definition) is 4. The van der Waals surface area contributed by atoms with Crippen molar-refractivity contribution in [2.75, 3.05) is 33.5 Å². The molecule has 2 atom stereocenters. The Kier molecular flexibility index (Phi) is 5.81. The van der Waals surface area contributed by atoms with E-state index in [1.165, 1.54) is 0 Å². The number of rotatable bonds is 5. The molecular weight excluding hydrogens is 250 g/mol. The predicted molar refractivity (Wildman–Crippen MR) is 74.1 cm³/mol. The van der Waals surface area contributed by atoms with Crippen molar-refractivity contribution >= 4 is 17.1 Å². The highest BCUT2D eigenvalue weighted by molar-refractivity contribution is 6.71. The molecule has 0 spiro atoms. The van der Waals surface area contributed by atoms with E-state index < -0.39 is 17.1 Å². The summed E-state index contributed by atoms with van der Waals surface area (Å²) >= 11 is 0. The quantitative estimate of drug-likeness (QED) is 0.709. The summed E-state index contributed by atoms with van der Waals surface area (Å²) in [4.78, 5) is 2.47. The minimum Gasteiger partial charge on any atom is -0.410 e. The molecule has 4 nitrogen and oxygen atoms in total. The van der Waals surface area contributed by atoms with Gasteiger partial charge >= 0.3 is 0 Å². The molecule has 1 heterocycles. The molecule has 0 bridgehead atoms. The largest absolute Gasteiger partial charge is 0.410 e. The monoisotopic (exact) mass is 276 g/mol. The van der Waals surface area contributed by atoms with Crippen molar-refractivity contribution in [2.45, 2.75) is 38.1 Å². The van der Waals surface area contributed by atoms with Crippen LogP contribution in [0.15, 0.2) is 0 Å². The van der Waals surface area contributed by atoms with Gasteiger partial charge in [0.1, 0.15) is 0 Å². The van der Waals surface area contributed by atoms with Crippen molar-refractivity contribution in [3.63, 3.8) is 0 Å². The molecule has 6 heteroatoms. The van der Waals surface area contributed by atoms with Crippen molar-refractivity contribution in [1.29, 1.82) is 0 Å². The lowest BCUT2D eigenvalue weighted by Gasteiger charge is -2.45. The second-order valence-corrected chi connectivity index (χ2v) is 12.3. The van der Waals surface area contributed by atoms with Crippen LogP contribution in [0.25, 0.3) is 0 Å². The van der Waals surface area contributed by atoms with Gasteiger partial charge < -0.3 is 13.9 Å². The van der Waals surface area contributed by atoms with Crippen LogP contribution in [0, 0.1) is 0 Å². The highest BCUT2D eigenvalue weighted by atomic mass is 28.4. The van der Waals surface area contributed by atoms with Gasteiger partial charge in [0, 0.05) is 26.9 Å². The second kappa shape index (κ2) is 6.44. The van der Waals surface area contributed by atoms with Crippen LogP contribution in [0.5, 0.6) is 0 Å². The van der Waals surface area contributed by atoms with Crippen LogP contribution in [0.3, 0.4) is 0 Å². The number of hydrogen-bond donors (Lipinski definition) is 0. The van der Waals surface area contributed by atoms with E-state index in [-0.39, 0.29) is 12.0 Å². The Morgan fingerprint density at radius 1 is 1.41 bits per heavy atom. The van der Waals surface area contributed by atoms with Gasteiger partial charge in [-0.05, 0) is 13.1 Å². The van der Waals surface area contributed by atoms with Gasteiger partial charge in [-0.1, -0.05) is 13.1 Å². The van der Waals surface area contributed by atoms with Gasteiger partial charge in [0.2, 0.25) is 8.32 Å². The summed E-state index contributed by atoms with van der Waals surface area (Å²) in [5.74, 6) is 0.287. The highest BCUT2D eigenvalue weighted by Gasteiger charge is 2.39. The molecule has 0 aromatic carbocycles. The minimum absolute atomic E-state index is 0.203. The second-order valence-electron chi connectivity index (χ2n) is 5.55. The summed E-state index contributed by atoms with van der Waals surface area (Å²) in [5.41, 5.74) is 0. The fourth-order valence-corrected chi connectivity index (χ4v) is 6.52. The Morgan fingerprint density at radius 3 is 2.53 bits per heavy atom. The average molecular weight is 277 g/mol. The molecule has 1 fully saturated rings. The number of methoxy groups -OCH3 is 2. The first-order valence-electron chi connectivity index (χ1n) is 6.13. The van der Waals surface area contributed by atoms with Gasteiger partial charge in [-0.3, -0.25) is 4.90 Å². The van der Waals surface area contributed by atoms with E-state index in [0.29, 0.717) is 6.61 Å². The lowest BCUT2D eigenvalue weighted by molar-refractivity contribution is -0.0317. The molecule has 1 aliphatic heterocycles. The molecule has 1 aliphatic rings. The summed E-state index contributed by atoms with van der Waals surface area (Å²) in [6.45, 7) is 10.7. The van der Waals surface area contributed by atoms with Gasteiger partial charge in [-0.25, -0.2) is 0 Å². The molecule has 1 rings (SSSR count). The Bertz CT molecular complexity index is 239. The standard InChI is InChI=1S/C11H26NO3Si2/c1-13-8-10-7-12(9-17(5,6)15-10)11(14-2)16(3)4/h10-11H,7-9H2,1-6H3. The lowest BCUT2D eigenvalue weighted by atomic mass is 10.3. The molecule has 101 valence electrons. The first-order chi connectivity index (χ1) is 7.89. The Morgan fingerprint density at radius 2 is 2.06 bits per heavy atom. The molecule has 0 aliphatic carbocycles. The predicted octanol–water partition coefficient (Wildman–Crippen LogP) is 1.34. The van der Waals surface area contributed by atoms with Crippen molar-refractivity contribution in [3.05, 3.63) is 0 Å². The van der Waals surface area contributed by atoms with Crippen LogP contribution in [0.4, 0.5) is 0 Å². The van der Waals surface area contributed by atoms with E-state index in [1.54, 1.807) is 7.11 Å². The zero-order valence-electron chi connectivity index (χ0n) is 11.9. The Hall–Kier alpha value is 0.274. The van der Waals surface area contributed by atoms with Gasteiger partial charge in [-0.2, -0.15) is 0 Å². The van der Waals surface area contributed by atoms with E-state index >= 15 is 0 Å². The van der Waals surface area contributed by atoms with Crippen molar-refractivity contribution < 1.29 is 13.9 Å². The number of nitrogens with zero attached hydrogens (tertiary/aromatic N) is 1. The Labute approximate surface area is 108 Å². The highest BCUT2D eigenvalue weighted by Crippen LogP contribution is 2.21. The zero-order valence-corrected chi connectivity index (χ0v) is 13.9. The summed E-state index contributed by atoms with van der Waals surface area (Å²) in [5, 5.41) is 0. The van der Waals surface area contributed by atoms with Crippen LogP contribution in [-0.4, -0.2) is 67.5 Å². The minimum atomic E-state index is -1.60. The average Bonchev–Trinajstić information content (AvgIpc) is 2.15. The molecule has 17 heavy (non-hydrogen) atoms. The third-order valence-electron chi connectivity index (χ3n) is 2.91. The SMILES string of the molecule is COCC1CN(C(OC)[Si](C)C)C[Si](C)(C)O1. The van der Waals surface area contributed by atoms with Crippen molar-refractivity contribution in [3.8, 4) is 0 Å². The van der Waals surface area contributed by atoms with Gasteiger partial charge in [0.25, 0.3) is 0 Å². The van der Waals surface area contributed by atoms with Gasteiger partial charge in [0.15, 0.2) is 0 Å². The fraction of sp³-hybridized carbons (Fsp3) is 1.00. The summed E-state index contributed by atoms with van der Waals surface area (Å²) < 4.78 is 17.0. The number of ether oxygens (including phenoxy) is 2. The molecule has 0 amide bonds. The first kappa shape index (κ1) is 15.3. The molecule has 0 saturated carbocycles. The molecule has 0 aromatic heterocycles. The van der Waals surface area contributed by atoms with Gasteiger partial charge in [0.05, 0.1) is 27.4 Å². The maximum Gasteiger partial charge on any atom is 0.201 e. The Balaban J connectivity index is 2.71.